The highest BCUT2D eigenvalue weighted by Crippen LogP contribution is 2.30. The van der Waals surface area contributed by atoms with E-state index in [1.165, 1.54) is 10.5 Å². The Morgan fingerprint density at radius 2 is 2.06 bits per heavy atom. The Balaban J connectivity index is 2.24. The highest BCUT2D eigenvalue weighted by molar-refractivity contribution is 7.99. The summed E-state index contributed by atoms with van der Waals surface area (Å²) in [7, 11) is 0. The van der Waals surface area contributed by atoms with E-state index in [2.05, 4.69) is 29.5 Å². The topological polar surface area (TPSA) is 50.9 Å². The average molecular weight is 231 g/mol. The molecule has 2 rings (SSSR count). The van der Waals surface area contributed by atoms with Crippen LogP contribution >= 0.6 is 11.8 Å². The number of hydrazine groups is 1. The predicted octanol–water partition coefficient (Wildman–Crippen LogP) is 2.83. The Morgan fingerprint density at radius 3 is 2.81 bits per heavy atom. The molecule has 82 valence electrons. The lowest BCUT2D eigenvalue weighted by atomic mass is 10.2. The van der Waals surface area contributed by atoms with Gasteiger partial charge in [0.15, 0.2) is 0 Å². The van der Waals surface area contributed by atoms with E-state index in [1.807, 2.05) is 24.3 Å². The second-order valence-electron chi connectivity index (χ2n) is 3.39. The third-order valence-electron chi connectivity index (χ3n) is 2.20. The molecule has 0 aliphatic rings. The lowest BCUT2D eigenvalue weighted by molar-refractivity contribution is 1.19. The third-order valence-corrected chi connectivity index (χ3v) is 3.37. The maximum Gasteiger partial charge on any atom is 0.140 e. The van der Waals surface area contributed by atoms with E-state index in [9.17, 15) is 0 Å². The van der Waals surface area contributed by atoms with Crippen molar-refractivity contribution >= 4 is 17.6 Å². The van der Waals surface area contributed by atoms with Gasteiger partial charge in [-0.05, 0) is 30.7 Å². The zero-order valence-electron chi connectivity index (χ0n) is 8.97. The molecule has 3 N–H and O–H groups in total. The summed E-state index contributed by atoms with van der Waals surface area (Å²) >= 11 is 1.71. The van der Waals surface area contributed by atoms with Gasteiger partial charge in [-0.1, -0.05) is 30.0 Å². The maximum absolute atomic E-state index is 5.32. The van der Waals surface area contributed by atoms with Crippen LogP contribution in [0.1, 0.15) is 5.56 Å². The molecule has 2 aromatic rings. The number of aryl methyl sites for hydroxylation is 1. The van der Waals surface area contributed by atoms with Crippen LogP contribution in [0.4, 0.5) is 5.82 Å². The van der Waals surface area contributed by atoms with Crippen LogP contribution in [0.3, 0.4) is 0 Å². The Bertz CT molecular complexity index is 485. The number of aromatic nitrogens is 1. The van der Waals surface area contributed by atoms with Gasteiger partial charge in [0.1, 0.15) is 5.82 Å². The van der Waals surface area contributed by atoms with E-state index in [0.29, 0.717) is 5.82 Å². The normalized spacial score (nSPS) is 10.1. The lowest BCUT2D eigenvalue weighted by Gasteiger charge is -2.06. The van der Waals surface area contributed by atoms with Crippen LogP contribution < -0.4 is 11.3 Å². The Morgan fingerprint density at radius 1 is 1.25 bits per heavy atom. The molecule has 0 aliphatic heterocycles. The molecule has 0 unspecified atom stereocenters. The van der Waals surface area contributed by atoms with Crippen molar-refractivity contribution in [2.45, 2.75) is 16.7 Å². The van der Waals surface area contributed by atoms with Gasteiger partial charge < -0.3 is 5.43 Å². The summed E-state index contributed by atoms with van der Waals surface area (Å²) in [5.41, 5.74) is 3.81. The fourth-order valence-electron chi connectivity index (χ4n) is 1.35. The van der Waals surface area contributed by atoms with E-state index >= 15 is 0 Å². The SMILES string of the molecule is Cc1ccccc1Sc1ccnc(NN)c1. The molecule has 0 aliphatic carbocycles. The van der Waals surface area contributed by atoms with Crippen LogP contribution in [0, 0.1) is 6.92 Å². The fourth-order valence-corrected chi connectivity index (χ4v) is 2.28. The third kappa shape index (κ3) is 2.53. The largest absolute Gasteiger partial charge is 0.308 e. The van der Waals surface area contributed by atoms with Crippen LogP contribution in [0.5, 0.6) is 0 Å². The first kappa shape index (κ1) is 11.0. The quantitative estimate of drug-likeness (QED) is 0.630. The first-order valence-corrected chi connectivity index (χ1v) is 5.77. The number of anilines is 1. The summed E-state index contributed by atoms with van der Waals surface area (Å²) in [5, 5.41) is 0. The Labute approximate surface area is 99.1 Å². The number of benzene rings is 1. The van der Waals surface area contributed by atoms with Crippen molar-refractivity contribution < 1.29 is 0 Å². The molecule has 0 bridgehead atoms. The monoisotopic (exact) mass is 231 g/mol. The fraction of sp³-hybridized carbons (Fsp3) is 0.0833. The van der Waals surface area contributed by atoms with E-state index in [-0.39, 0.29) is 0 Å². The number of pyridine rings is 1. The summed E-state index contributed by atoms with van der Waals surface area (Å²) in [6.07, 6.45) is 1.75. The maximum atomic E-state index is 5.32. The predicted molar refractivity (Wildman–Crippen MR) is 67.3 cm³/mol. The highest BCUT2D eigenvalue weighted by atomic mass is 32.2. The number of hydrogen-bond acceptors (Lipinski definition) is 4. The van der Waals surface area contributed by atoms with Crippen LogP contribution in [0.25, 0.3) is 0 Å². The molecule has 0 radical (unpaired) electrons. The second-order valence-corrected chi connectivity index (χ2v) is 4.50. The van der Waals surface area contributed by atoms with Crippen molar-refractivity contribution in [1.82, 2.24) is 4.98 Å². The van der Waals surface area contributed by atoms with Crippen molar-refractivity contribution in [2.75, 3.05) is 5.43 Å². The van der Waals surface area contributed by atoms with Gasteiger partial charge >= 0.3 is 0 Å². The van der Waals surface area contributed by atoms with Crippen LogP contribution in [-0.2, 0) is 0 Å². The number of nitrogens with one attached hydrogen (secondary N) is 1. The molecular weight excluding hydrogens is 218 g/mol. The van der Waals surface area contributed by atoms with Gasteiger partial charge in [0.2, 0.25) is 0 Å². The molecular formula is C12H13N3S. The van der Waals surface area contributed by atoms with E-state index in [0.717, 1.165) is 4.90 Å². The zero-order chi connectivity index (χ0) is 11.4. The van der Waals surface area contributed by atoms with Crippen LogP contribution in [-0.4, -0.2) is 4.98 Å². The van der Waals surface area contributed by atoms with Gasteiger partial charge in [-0.15, -0.1) is 0 Å². The standard InChI is InChI=1S/C12H13N3S/c1-9-4-2-3-5-11(9)16-10-6-7-14-12(8-10)15-13/h2-8H,13H2,1H3,(H,14,15). The number of rotatable bonds is 3. The molecule has 0 fully saturated rings. The first-order valence-electron chi connectivity index (χ1n) is 4.96. The van der Waals surface area contributed by atoms with Crippen LogP contribution in [0.15, 0.2) is 52.4 Å². The highest BCUT2D eigenvalue weighted by Gasteiger charge is 2.01. The van der Waals surface area contributed by atoms with Gasteiger partial charge in [0, 0.05) is 16.0 Å². The van der Waals surface area contributed by atoms with E-state index in [1.54, 1.807) is 18.0 Å². The van der Waals surface area contributed by atoms with E-state index in [4.69, 9.17) is 5.84 Å². The minimum absolute atomic E-state index is 0.679. The minimum atomic E-state index is 0.679. The second kappa shape index (κ2) is 5.01. The van der Waals surface area contributed by atoms with Gasteiger partial charge in [-0.2, -0.15) is 0 Å². The average Bonchev–Trinajstić information content (AvgIpc) is 2.32. The van der Waals surface area contributed by atoms with Crippen molar-refractivity contribution in [1.29, 1.82) is 0 Å². The molecule has 1 aromatic carbocycles. The summed E-state index contributed by atoms with van der Waals surface area (Å²) in [5.74, 6) is 6.00. The molecule has 4 heteroatoms. The number of nitrogen functional groups attached to an aromatic ring is 1. The minimum Gasteiger partial charge on any atom is -0.308 e. The van der Waals surface area contributed by atoms with Gasteiger partial charge in [0.05, 0.1) is 0 Å². The smallest absolute Gasteiger partial charge is 0.140 e. The van der Waals surface area contributed by atoms with Crippen molar-refractivity contribution in [2.24, 2.45) is 5.84 Å². The number of nitrogens with two attached hydrogens (primary N) is 1. The van der Waals surface area contributed by atoms with Crippen molar-refractivity contribution in [3.05, 3.63) is 48.2 Å². The number of nitrogens with zero attached hydrogens (tertiary/aromatic N) is 1. The molecule has 0 spiro atoms. The summed E-state index contributed by atoms with van der Waals surface area (Å²) < 4.78 is 0. The van der Waals surface area contributed by atoms with Gasteiger partial charge in [-0.25, -0.2) is 10.8 Å². The molecule has 0 atom stereocenters. The Hall–Kier alpha value is -1.52. The van der Waals surface area contributed by atoms with Crippen LogP contribution in [0.2, 0.25) is 0 Å². The number of hydrogen-bond donors (Lipinski definition) is 2. The summed E-state index contributed by atoms with van der Waals surface area (Å²) in [6.45, 7) is 2.10. The molecule has 0 saturated carbocycles. The molecule has 0 saturated heterocycles. The van der Waals surface area contributed by atoms with Crippen molar-refractivity contribution in [3.8, 4) is 0 Å². The summed E-state index contributed by atoms with van der Waals surface area (Å²) in [6, 6.07) is 12.2. The summed E-state index contributed by atoms with van der Waals surface area (Å²) in [4.78, 5) is 6.44. The van der Waals surface area contributed by atoms with Crippen molar-refractivity contribution in [3.63, 3.8) is 0 Å². The molecule has 3 nitrogen and oxygen atoms in total. The molecule has 0 amide bonds. The van der Waals surface area contributed by atoms with Gasteiger partial charge in [0.25, 0.3) is 0 Å². The molecule has 1 aromatic heterocycles. The first-order chi connectivity index (χ1) is 7.79. The molecule has 1 heterocycles. The lowest BCUT2D eigenvalue weighted by Crippen LogP contribution is -2.07. The van der Waals surface area contributed by atoms with E-state index < -0.39 is 0 Å². The zero-order valence-corrected chi connectivity index (χ0v) is 9.79. The Kier molecular flexibility index (Phi) is 3.44. The molecule has 16 heavy (non-hydrogen) atoms. The van der Waals surface area contributed by atoms with Gasteiger partial charge in [-0.3, -0.25) is 0 Å².